The van der Waals surface area contributed by atoms with Crippen LogP contribution in [0, 0.1) is 5.92 Å². The van der Waals surface area contributed by atoms with Gasteiger partial charge in [0.2, 0.25) is 0 Å². The largest absolute Gasteiger partial charge is 0.393 e. The van der Waals surface area contributed by atoms with Crippen molar-refractivity contribution in [1.29, 1.82) is 0 Å². The van der Waals surface area contributed by atoms with E-state index in [0.717, 1.165) is 17.8 Å². The smallest absolute Gasteiger partial charge is 0.379 e. The fraction of sp³-hybridized carbons (Fsp3) is 0.333. The molecule has 28 heavy (non-hydrogen) atoms. The normalized spacial score (nSPS) is 19.8. The van der Waals surface area contributed by atoms with Crippen molar-refractivity contribution >= 4 is 0 Å². The van der Waals surface area contributed by atoms with Crippen molar-refractivity contribution in [2.24, 2.45) is 5.92 Å². The summed E-state index contributed by atoms with van der Waals surface area (Å²) >= 11 is 0. The maximum absolute atomic E-state index is 12.6. The molecule has 0 bridgehead atoms. The number of nitrogens with zero attached hydrogens (tertiary/aromatic N) is 3. The van der Waals surface area contributed by atoms with E-state index in [2.05, 4.69) is 14.5 Å². The highest BCUT2D eigenvalue weighted by atomic mass is 19.4. The van der Waals surface area contributed by atoms with Crippen molar-refractivity contribution in [3.63, 3.8) is 0 Å². The second-order valence-electron chi connectivity index (χ2n) is 7.07. The number of ether oxygens (including phenoxy) is 1. The van der Waals surface area contributed by atoms with Gasteiger partial charge in [0.1, 0.15) is 5.82 Å². The molecule has 1 fully saturated rings. The molecule has 0 saturated carbocycles. The molecule has 0 spiro atoms. The lowest BCUT2D eigenvalue weighted by molar-refractivity contribution is -0.127. The predicted molar refractivity (Wildman–Crippen MR) is 98.7 cm³/mol. The second-order valence-corrected chi connectivity index (χ2v) is 7.07. The lowest BCUT2D eigenvalue weighted by atomic mass is 9.95. The number of pyridine rings is 1. The van der Waals surface area contributed by atoms with Crippen LogP contribution in [0.4, 0.5) is 13.2 Å². The summed E-state index contributed by atoms with van der Waals surface area (Å²) in [6.45, 7) is 1.25. The van der Waals surface area contributed by atoms with E-state index in [-0.39, 0.29) is 11.6 Å². The van der Waals surface area contributed by atoms with Gasteiger partial charge in [0, 0.05) is 36.3 Å². The van der Waals surface area contributed by atoms with E-state index >= 15 is 0 Å². The van der Waals surface area contributed by atoms with E-state index in [0.29, 0.717) is 19.1 Å². The zero-order valence-electron chi connectivity index (χ0n) is 15.1. The highest BCUT2D eigenvalue weighted by Gasteiger charge is 2.31. The Morgan fingerprint density at radius 3 is 2.43 bits per heavy atom. The van der Waals surface area contributed by atoms with Gasteiger partial charge in [0.25, 0.3) is 0 Å². The van der Waals surface area contributed by atoms with Crippen LogP contribution in [0.1, 0.15) is 17.2 Å². The zero-order chi connectivity index (χ0) is 19.6. The van der Waals surface area contributed by atoms with Crippen molar-refractivity contribution in [3.05, 3.63) is 72.3 Å². The summed E-state index contributed by atoms with van der Waals surface area (Å²) in [5, 5.41) is 0. The Hall–Kier alpha value is -2.67. The molecule has 1 saturated heterocycles. The van der Waals surface area contributed by atoms with Crippen LogP contribution < -0.4 is 0 Å². The van der Waals surface area contributed by atoms with Crippen molar-refractivity contribution < 1.29 is 17.9 Å². The van der Waals surface area contributed by atoms with E-state index in [1.54, 1.807) is 30.7 Å². The Morgan fingerprint density at radius 2 is 1.71 bits per heavy atom. The van der Waals surface area contributed by atoms with Gasteiger partial charge in [-0.1, -0.05) is 24.3 Å². The van der Waals surface area contributed by atoms with E-state index in [1.165, 1.54) is 17.7 Å². The van der Waals surface area contributed by atoms with Crippen molar-refractivity contribution in [1.82, 2.24) is 14.5 Å². The number of alkyl halides is 3. The summed E-state index contributed by atoms with van der Waals surface area (Å²) < 4.78 is 45.5. The van der Waals surface area contributed by atoms with Gasteiger partial charge in [0.05, 0.1) is 25.7 Å². The third kappa shape index (κ3) is 4.25. The zero-order valence-corrected chi connectivity index (χ0v) is 15.1. The number of hydrogen-bond donors (Lipinski definition) is 0. The molecule has 2 aromatic heterocycles. The van der Waals surface area contributed by atoms with E-state index in [4.69, 9.17) is 4.74 Å². The summed E-state index contributed by atoms with van der Waals surface area (Å²) in [5.41, 5.74) is 2.24. The summed E-state index contributed by atoms with van der Waals surface area (Å²) in [4.78, 5) is 8.51. The number of aromatic nitrogens is 3. The fourth-order valence-corrected chi connectivity index (χ4v) is 3.72. The monoisotopic (exact) mass is 387 g/mol. The first-order valence-electron chi connectivity index (χ1n) is 9.15. The van der Waals surface area contributed by atoms with Crippen LogP contribution in [0.3, 0.4) is 0 Å². The molecule has 146 valence electrons. The van der Waals surface area contributed by atoms with Crippen molar-refractivity contribution in [3.8, 4) is 11.4 Å². The molecule has 7 heteroatoms. The first-order chi connectivity index (χ1) is 13.5. The molecule has 0 amide bonds. The molecule has 3 aromatic rings. The van der Waals surface area contributed by atoms with Crippen LogP contribution in [-0.4, -0.2) is 33.9 Å². The Bertz CT molecular complexity index is 907. The molecule has 2 atom stereocenters. The van der Waals surface area contributed by atoms with Crippen molar-refractivity contribution in [2.75, 3.05) is 13.2 Å². The highest BCUT2D eigenvalue weighted by molar-refractivity contribution is 5.56. The fourth-order valence-electron chi connectivity index (χ4n) is 3.72. The van der Waals surface area contributed by atoms with Gasteiger partial charge in [0.15, 0.2) is 0 Å². The number of rotatable bonds is 5. The summed E-state index contributed by atoms with van der Waals surface area (Å²) in [5.74, 6) is 1.04. The Labute approximate surface area is 161 Å². The molecule has 3 heterocycles. The average molecular weight is 387 g/mol. The molecule has 1 aliphatic heterocycles. The van der Waals surface area contributed by atoms with Crippen LogP contribution in [0.2, 0.25) is 0 Å². The molecule has 0 unspecified atom stereocenters. The van der Waals surface area contributed by atoms with Gasteiger partial charge in [-0.2, -0.15) is 13.2 Å². The molecule has 1 aromatic carbocycles. The topological polar surface area (TPSA) is 39.9 Å². The number of halogens is 3. The van der Waals surface area contributed by atoms with Crippen LogP contribution in [0.25, 0.3) is 11.4 Å². The third-order valence-corrected chi connectivity index (χ3v) is 5.05. The molecule has 0 N–H and O–H groups in total. The average Bonchev–Trinajstić information content (AvgIpc) is 3.31. The summed E-state index contributed by atoms with van der Waals surface area (Å²) in [6, 6.07) is 10.6. The maximum Gasteiger partial charge on any atom is 0.393 e. The molecule has 0 radical (unpaired) electrons. The minimum atomic E-state index is -4.21. The van der Waals surface area contributed by atoms with Gasteiger partial charge >= 0.3 is 6.18 Å². The highest BCUT2D eigenvalue weighted by Crippen LogP contribution is 2.33. The third-order valence-electron chi connectivity index (χ3n) is 5.05. The number of hydrogen-bond acceptors (Lipinski definition) is 3. The van der Waals surface area contributed by atoms with Gasteiger partial charge in [-0.05, 0) is 29.7 Å². The van der Waals surface area contributed by atoms with Gasteiger partial charge < -0.3 is 9.30 Å². The van der Waals surface area contributed by atoms with Gasteiger partial charge in [-0.3, -0.25) is 4.98 Å². The van der Waals surface area contributed by atoms with Crippen LogP contribution in [-0.2, 0) is 17.6 Å². The SMILES string of the molecule is FC(F)(F)Cc1ccc(-c2nccn2[C@@H]2COC[C@H]2Cc2ccncc2)cc1. The maximum atomic E-state index is 12.6. The quantitative estimate of drug-likeness (QED) is 0.648. The Kier molecular flexibility index (Phi) is 5.17. The van der Waals surface area contributed by atoms with Crippen LogP contribution >= 0.6 is 0 Å². The Morgan fingerprint density at radius 1 is 0.964 bits per heavy atom. The van der Waals surface area contributed by atoms with E-state index in [1.807, 2.05) is 18.3 Å². The Balaban J connectivity index is 1.55. The number of benzene rings is 1. The molecule has 4 rings (SSSR count). The first kappa shape index (κ1) is 18.7. The van der Waals surface area contributed by atoms with Gasteiger partial charge in [-0.15, -0.1) is 0 Å². The van der Waals surface area contributed by atoms with Crippen LogP contribution in [0.15, 0.2) is 61.2 Å². The molecule has 1 aliphatic rings. The molecule has 4 nitrogen and oxygen atoms in total. The van der Waals surface area contributed by atoms with E-state index < -0.39 is 12.6 Å². The van der Waals surface area contributed by atoms with Gasteiger partial charge in [-0.25, -0.2) is 4.98 Å². The summed E-state index contributed by atoms with van der Waals surface area (Å²) in [7, 11) is 0. The molecular formula is C21H20F3N3O. The number of imidazole rings is 1. The standard InChI is InChI=1S/C21H20F3N3O/c22-21(23,24)12-16-1-3-17(4-2-16)20-26-9-10-27(20)19-14-28-13-18(19)11-15-5-7-25-8-6-15/h1-10,18-19H,11-14H2/t18-,19-/m1/s1. The molecule has 0 aliphatic carbocycles. The first-order valence-corrected chi connectivity index (χ1v) is 9.15. The minimum absolute atomic E-state index is 0.125. The van der Waals surface area contributed by atoms with E-state index in [9.17, 15) is 13.2 Å². The summed E-state index contributed by atoms with van der Waals surface area (Å²) in [6.07, 6.45) is 2.94. The van der Waals surface area contributed by atoms with Crippen molar-refractivity contribution in [2.45, 2.75) is 25.1 Å². The minimum Gasteiger partial charge on any atom is -0.379 e. The lowest BCUT2D eigenvalue weighted by Gasteiger charge is -2.21. The predicted octanol–water partition coefficient (Wildman–Crippen LogP) is 4.48. The van der Waals surface area contributed by atoms with Crippen LogP contribution in [0.5, 0.6) is 0 Å². The second kappa shape index (κ2) is 7.75. The molecular weight excluding hydrogens is 367 g/mol. The lowest BCUT2D eigenvalue weighted by Crippen LogP contribution is -2.20.